The molecule has 0 radical (unpaired) electrons. The molecule has 1 aromatic heterocycles. The van der Waals surface area contributed by atoms with Crippen molar-refractivity contribution >= 4 is 11.6 Å². The normalized spacial score (nSPS) is 13.5. The van der Waals surface area contributed by atoms with E-state index in [-0.39, 0.29) is 22.4 Å². The summed E-state index contributed by atoms with van der Waals surface area (Å²) in [6, 6.07) is 6.74. The molecule has 1 N–H and O–H groups in total. The van der Waals surface area contributed by atoms with Gasteiger partial charge in [-0.05, 0) is 44.3 Å². The minimum atomic E-state index is -4.48. The van der Waals surface area contributed by atoms with Crippen molar-refractivity contribution in [3.05, 3.63) is 46.7 Å². The summed E-state index contributed by atoms with van der Waals surface area (Å²) in [6.45, 7) is 1.86. The molecule has 2 rings (SSSR count). The van der Waals surface area contributed by atoms with Crippen molar-refractivity contribution in [2.45, 2.75) is 19.1 Å². The van der Waals surface area contributed by atoms with Crippen LogP contribution in [0.25, 0.3) is 11.3 Å². The van der Waals surface area contributed by atoms with Crippen molar-refractivity contribution in [3.8, 4) is 11.3 Å². The highest BCUT2D eigenvalue weighted by atomic mass is 35.5. The Balaban J connectivity index is 2.50. The van der Waals surface area contributed by atoms with E-state index in [1.165, 1.54) is 18.2 Å². The van der Waals surface area contributed by atoms with Gasteiger partial charge in [-0.15, -0.1) is 0 Å². The Kier molecular flexibility index (Phi) is 4.11. The summed E-state index contributed by atoms with van der Waals surface area (Å²) in [5.74, 6) is 0.747. The number of nitrogens with one attached hydrogen (secondary N) is 1. The van der Waals surface area contributed by atoms with Gasteiger partial charge in [-0.3, -0.25) is 0 Å². The van der Waals surface area contributed by atoms with E-state index in [4.69, 9.17) is 16.0 Å². The van der Waals surface area contributed by atoms with Crippen molar-refractivity contribution in [2.24, 2.45) is 0 Å². The maximum absolute atomic E-state index is 13.0. The fourth-order valence-electron chi connectivity index (χ4n) is 1.84. The van der Waals surface area contributed by atoms with Crippen molar-refractivity contribution in [2.75, 3.05) is 7.05 Å². The lowest BCUT2D eigenvalue weighted by molar-refractivity contribution is -0.137. The van der Waals surface area contributed by atoms with Gasteiger partial charge in [-0.2, -0.15) is 13.2 Å². The van der Waals surface area contributed by atoms with Gasteiger partial charge in [-0.25, -0.2) is 0 Å². The molecule has 20 heavy (non-hydrogen) atoms. The zero-order valence-electron chi connectivity index (χ0n) is 10.9. The highest BCUT2D eigenvalue weighted by Crippen LogP contribution is 2.39. The molecule has 0 spiro atoms. The lowest BCUT2D eigenvalue weighted by Crippen LogP contribution is -2.11. The lowest BCUT2D eigenvalue weighted by atomic mass is 10.1. The second-order valence-electron chi connectivity index (χ2n) is 4.40. The number of rotatable bonds is 3. The van der Waals surface area contributed by atoms with Gasteiger partial charge < -0.3 is 9.73 Å². The molecule has 1 aromatic carbocycles. The average molecular weight is 304 g/mol. The Morgan fingerprint density at radius 1 is 1.20 bits per heavy atom. The van der Waals surface area contributed by atoms with E-state index in [9.17, 15) is 13.2 Å². The molecule has 0 aliphatic rings. The predicted molar refractivity (Wildman–Crippen MR) is 71.6 cm³/mol. The Bertz CT molecular complexity index is 607. The topological polar surface area (TPSA) is 25.2 Å². The van der Waals surface area contributed by atoms with Crippen molar-refractivity contribution in [1.29, 1.82) is 0 Å². The molecule has 1 heterocycles. The fourth-order valence-corrected chi connectivity index (χ4v) is 2.01. The first-order valence-electron chi connectivity index (χ1n) is 5.97. The minimum absolute atomic E-state index is 0.0172. The zero-order valence-corrected chi connectivity index (χ0v) is 11.6. The van der Waals surface area contributed by atoms with Crippen LogP contribution < -0.4 is 5.32 Å². The first-order chi connectivity index (χ1) is 9.32. The van der Waals surface area contributed by atoms with E-state index < -0.39 is 11.7 Å². The van der Waals surface area contributed by atoms with Crippen molar-refractivity contribution < 1.29 is 17.6 Å². The van der Waals surface area contributed by atoms with Gasteiger partial charge in [0.05, 0.1) is 11.6 Å². The second-order valence-corrected chi connectivity index (χ2v) is 4.84. The molecule has 0 fully saturated rings. The Morgan fingerprint density at radius 2 is 1.90 bits per heavy atom. The molecule has 2 nitrogen and oxygen atoms in total. The summed E-state index contributed by atoms with van der Waals surface area (Å²) >= 11 is 5.65. The van der Waals surface area contributed by atoms with Gasteiger partial charge >= 0.3 is 6.18 Å². The molecule has 0 saturated heterocycles. The summed E-state index contributed by atoms with van der Waals surface area (Å²) in [4.78, 5) is 0. The molecule has 0 aliphatic carbocycles. The number of hydrogen-bond donors (Lipinski definition) is 1. The summed E-state index contributed by atoms with van der Waals surface area (Å²) in [5.41, 5.74) is -0.820. The largest absolute Gasteiger partial charge is 0.459 e. The van der Waals surface area contributed by atoms with E-state index in [0.717, 1.165) is 6.07 Å². The third-order valence-electron chi connectivity index (χ3n) is 3.04. The molecule has 0 amide bonds. The van der Waals surface area contributed by atoms with E-state index in [1.54, 1.807) is 13.1 Å². The molecule has 108 valence electrons. The summed E-state index contributed by atoms with van der Waals surface area (Å²) in [5, 5.41) is 3.00. The van der Waals surface area contributed by atoms with Crippen LogP contribution >= 0.6 is 11.6 Å². The molecule has 0 saturated carbocycles. The van der Waals surface area contributed by atoms with Gasteiger partial charge in [0.25, 0.3) is 0 Å². The maximum atomic E-state index is 13.0. The molecular weight excluding hydrogens is 291 g/mol. The third-order valence-corrected chi connectivity index (χ3v) is 3.27. The van der Waals surface area contributed by atoms with E-state index in [1.807, 2.05) is 6.92 Å². The number of halogens is 4. The first kappa shape index (κ1) is 14.9. The van der Waals surface area contributed by atoms with Crippen LogP contribution in [-0.4, -0.2) is 7.05 Å². The SMILES string of the molecule is CNC(C)c1ccc(-c2ccc(Cl)cc2C(F)(F)F)o1. The lowest BCUT2D eigenvalue weighted by Gasteiger charge is -2.12. The van der Waals surface area contributed by atoms with Crippen molar-refractivity contribution in [3.63, 3.8) is 0 Å². The van der Waals surface area contributed by atoms with E-state index >= 15 is 0 Å². The van der Waals surface area contributed by atoms with Gasteiger partial charge in [0.2, 0.25) is 0 Å². The van der Waals surface area contributed by atoms with Crippen LogP contribution in [0.5, 0.6) is 0 Å². The number of benzene rings is 1. The van der Waals surface area contributed by atoms with Crippen LogP contribution in [0.3, 0.4) is 0 Å². The van der Waals surface area contributed by atoms with Crippen LogP contribution in [0.1, 0.15) is 24.3 Å². The Labute approximate surface area is 119 Å². The average Bonchev–Trinajstić information content (AvgIpc) is 2.86. The standard InChI is InChI=1S/C14H13ClF3NO/c1-8(19-2)12-5-6-13(20-12)10-4-3-9(15)7-11(10)14(16,17)18/h3-8,19H,1-2H3. The van der Waals surface area contributed by atoms with Crippen LogP contribution in [0, 0.1) is 0 Å². The fraction of sp³-hybridized carbons (Fsp3) is 0.286. The number of furan rings is 1. The molecule has 1 atom stereocenters. The minimum Gasteiger partial charge on any atom is -0.459 e. The Morgan fingerprint density at radius 3 is 2.50 bits per heavy atom. The highest BCUT2D eigenvalue weighted by molar-refractivity contribution is 6.30. The van der Waals surface area contributed by atoms with Gasteiger partial charge in [0.15, 0.2) is 0 Å². The molecular formula is C14H13ClF3NO. The molecule has 2 aromatic rings. The second kappa shape index (κ2) is 5.50. The molecule has 6 heteroatoms. The summed E-state index contributed by atoms with van der Waals surface area (Å²) in [7, 11) is 1.75. The van der Waals surface area contributed by atoms with Crippen LogP contribution in [0.4, 0.5) is 13.2 Å². The first-order valence-corrected chi connectivity index (χ1v) is 6.35. The smallest absolute Gasteiger partial charge is 0.417 e. The highest BCUT2D eigenvalue weighted by Gasteiger charge is 2.34. The molecule has 0 bridgehead atoms. The summed E-state index contributed by atoms with van der Waals surface area (Å²) in [6.07, 6.45) is -4.48. The molecule has 0 aliphatic heterocycles. The number of alkyl halides is 3. The quantitative estimate of drug-likeness (QED) is 0.872. The predicted octanol–water partition coefficient (Wildman–Crippen LogP) is 4.90. The van der Waals surface area contributed by atoms with Crippen LogP contribution in [0.2, 0.25) is 5.02 Å². The molecule has 1 unspecified atom stereocenters. The summed E-state index contributed by atoms with van der Waals surface area (Å²) < 4.78 is 44.6. The van der Waals surface area contributed by atoms with Crippen LogP contribution in [0.15, 0.2) is 34.7 Å². The number of hydrogen-bond acceptors (Lipinski definition) is 2. The third kappa shape index (κ3) is 2.99. The van der Waals surface area contributed by atoms with Crippen molar-refractivity contribution in [1.82, 2.24) is 5.32 Å². The van der Waals surface area contributed by atoms with E-state index in [0.29, 0.717) is 5.76 Å². The zero-order chi connectivity index (χ0) is 14.9. The van der Waals surface area contributed by atoms with Gasteiger partial charge in [-0.1, -0.05) is 11.6 Å². The van der Waals surface area contributed by atoms with Gasteiger partial charge in [0, 0.05) is 10.6 Å². The maximum Gasteiger partial charge on any atom is 0.417 e. The van der Waals surface area contributed by atoms with E-state index in [2.05, 4.69) is 5.32 Å². The van der Waals surface area contributed by atoms with Gasteiger partial charge in [0.1, 0.15) is 11.5 Å². The monoisotopic (exact) mass is 303 g/mol. The van der Waals surface area contributed by atoms with Crippen LogP contribution in [-0.2, 0) is 6.18 Å². The Hall–Kier alpha value is -1.46.